The van der Waals surface area contributed by atoms with Crippen molar-refractivity contribution >= 4 is 5.95 Å². The minimum Gasteiger partial charge on any atom is -0.464 e. The molecule has 0 radical (unpaired) electrons. The lowest BCUT2D eigenvalue weighted by Gasteiger charge is -2.07. The van der Waals surface area contributed by atoms with Crippen molar-refractivity contribution in [3.63, 3.8) is 0 Å². The van der Waals surface area contributed by atoms with Crippen LogP contribution >= 0.6 is 0 Å². The molecule has 0 aliphatic rings. The number of nitrogen functional groups attached to an aromatic ring is 1. The molecular formula is C9H13N7O. The molecule has 0 saturated heterocycles. The highest BCUT2D eigenvalue weighted by atomic mass is 16.5. The molecule has 0 aliphatic carbocycles. The third-order valence-corrected chi connectivity index (χ3v) is 2.05. The Morgan fingerprint density at radius 3 is 2.82 bits per heavy atom. The van der Waals surface area contributed by atoms with Crippen molar-refractivity contribution in [3.05, 3.63) is 18.2 Å². The summed E-state index contributed by atoms with van der Waals surface area (Å²) in [5.74, 6) is 6.71. The molecule has 90 valence electrons. The molecule has 0 spiro atoms. The summed E-state index contributed by atoms with van der Waals surface area (Å²) < 4.78 is 6.95. The summed E-state index contributed by atoms with van der Waals surface area (Å²) in [5, 5.41) is 0. The van der Waals surface area contributed by atoms with Crippen molar-refractivity contribution in [2.75, 3.05) is 12.0 Å². The molecule has 0 bridgehead atoms. The van der Waals surface area contributed by atoms with E-state index in [-0.39, 0.29) is 12.0 Å². The summed E-state index contributed by atoms with van der Waals surface area (Å²) in [6.45, 7) is 4.16. The van der Waals surface area contributed by atoms with E-state index in [0.717, 1.165) is 5.82 Å². The zero-order valence-electron chi connectivity index (χ0n) is 9.58. The van der Waals surface area contributed by atoms with Gasteiger partial charge in [0.2, 0.25) is 11.9 Å². The van der Waals surface area contributed by atoms with Gasteiger partial charge in [0.05, 0.1) is 6.61 Å². The fourth-order valence-electron chi connectivity index (χ4n) is 1.30. The molecule has 8 heteroatoms. The Hall–Kier alpha value is -2.22. The Bertz CT molecular complexity index is 510. The number of rotatable bonds is 4. The van der Waals surface area contributed by atoms with Crippen molar-refractivity contribution in [3.8, 4) is 12.0 Å². The molecule has 0 unspecified atom stereocenters. The Morgan fingerprint density at radius 2 is 2.24 bits per heavy atom. The van der Waals surface area contributed by atoms with Crippen LogP contribution in [0.5, 0.6) is 6.01 Å². The number of nitrogens with two attached hydrogens (primary N) is 1. The van der Waals surface area contributed by atoms with Gasteiger partial charge in [0, 0.05) is 12.4 Å². The minimum absolute atomic E-state index is 0.221. The molecule has 0 aromatic carbocycles. The first-order valence-corrected chi connectivity index (χ1v) is 5.10. The standard InChI is InChI=1S/C9H13N7O/c1-3-17-9-13-7(15-10)12-8(14-9)16-5-4-11-6(16)2/h4-5H,3,10H2,1-2H3,(H,12,13,14,15). The van der Waals surface area contributed by atoms with Crippen molar-refractivity contribution in [1.29, 1.82) is 0 Å². The van der Waals surface area contributed by atoms with Crippen molar-refractivity contribution < 1.29 is 4.74 Å². The lowest BCUT2D eigenvalue weighted by molar-refractivity contribution is 0.311. The van der Waals surface area contributed by atoms with Crippen LogP contribution in [0.3, 0.4) is 0 Å². The molecule has 3 N–H and O–H groups in total. The SMILES string of the molecule is CCOc1nc(NN)nc(-n2ccnc2C)n1. The van der Waals surface area contributed by atoms with Crippen LogP contribution in [0.25, 0.3) is 5.95 Å². The molecule has 2 aromatic rings. The fraction of sp³-hybridized carbons (Fsp3) is 0.333. The number of hydrazine groups is 1. The first kappa shape index (κ1) is 11.3. The third-order valence-electron chi connectivity index (χ3n) is 2.05. The van der Waals surface area contributed by atoms with Gasteiger partial charge in [0.15, 0.2) is 0 Å². The summed E-state index contributed by atoms with van der Waals surface area (Å²) in [4.78, 5) is 16.3. The summed E-state index contributed by atoms with van der Waals surface area (Å²) in [6.07, 6.45) is 3.41. The van der Waals surface area contributed by atoms with E-state index in [1.165, 1.54) is 0 Å². The van der Waals surface area contributed by atoms with E-state index >= 15 is 0 Å². The largest absolute Gasteiger partial charge is 0.464 e. The molecule has 0 saturated carbocycles. The Kier molecular flexibility index (Phi) is 3.15. The van der Waals surface area contributed by atoms with Crippen LogP contribution in [-0.4, -0.2) is 31.1 Å². The second kappa shape index (κ2) is 4.74. The lowest BCUT2D eigenvalue weighted by atomic mass is 10.7. The maximum absolute atomic E-state index is 5.29. The minimum atomic E-state index is 0.221. The van der Waals surface area contributed by atoms with E-state index in [0.29, 0.717) is 12.6 Å². The second-order valence-electron chi connectivity index (χ2n) is 3.16. The molecule has 2 rings (SSSR count). The topological polar surface area (TPSA) is 104 Å². The summed E-state index contributed by atoms with van der Waals surface area (Å²) in [5.41, 5.74) is 2.37. The number of aryl methyl sites for hydroxylation is 1. The van der Waals surface area contributed by atoms with Crippen LogP contribution in [-0.2, 0) is 0 Å². The van der Waals surface area contributed by atoms with Crippen LogP contribution in [0.4, 0.5) is 5.95 Å². The van der Waals surface area contributed by atoms with E-state index in [1.54, 1.807) is 17.0 Å². The zero-order chi connectivity index (χ0) is 12.3. The predicted molar refractivity (Wildman–Crippen MR) is 60.7 cm³/mol. The predicted octanol–water partition coefficient (Wildman–Crippen LogP) is 0.0500. The van der Waals surface area contributed by atoms with E-state index < -0.39 is 0 Å². The molecule has 2 aromatic heterocycles. The first-order valence-electron chi connectivity index (χ1n) is 5.10. The number of nitrogens with zero attached hydrogens (tertiary/aromatic N) is 5. The smallest absolute Gasteiger partial charge is 0.323 e. The van der Waals surface area contributed by atoms with Gasteiger partial charge in [-0.25, -0.2) is 10.8 Å². The number of hydrogen-bond acceptors (Lipinski definition) is 7. The van der Waals surface area contributed by atoms with Crippen LogP contribution < -0.4 is 16.0 Å². The number of nitrogens with one attached hydrogen (secondary N) is 1. The van der Waals surface area contributed by atoms with Gasteiger partial charge < -0.3 is 4.74 Å². The van der Waals surface area contributed by atoms with Crippen molar-refractivity contribution in [2.45, 2.75) is 13.8 Å². The molecule has 0 atom stereocenters. The molecule has 0 aliphatic heterocycles. The molecule has 0 amide bonds. The molecule has 17 heavy (non-hydrogen) atoms. The average molecular weight is 235 g/mol. The van der Waals surface area contributed by atoms with Gasteiger partial charge in [-0.15, -0.1) is 0 Å². The van der Waals surface area contributed by atoms with Gasteiger partial charge in [-0.3, -0.25) is 9.99 Å². The highest BCUT2D eigenvalue weighted by molar-refractivity contribution is 5.29. The number of anilines is 1. The third kappa shape index (κ3) is 2.31. The van der Waals surface area contributed by atoms with Gasteiger partial charge in [-0.05, 0) is 13.8 Å². The summed E-state index contributed by atoms with van der Waals surface area (Å²) in [6, 6.07) is 0.221. The summed E-state index contributed by atoms with van der Waals surface area (Å²) in [7, 11) is 0. The average Bonchev–Trinajstić information content (AvgIpc) is 2.75. The van der Waals surface area contributed by atoms with Crippen LogP contribution in [0.15, 0.2) is 12.4 Å². The number of aromatic nitrogens is 5. The molecule has 0 fully saturated rings. The maximum atomic E-state index is 5.29. The van der Waals surface area contributed by atoms with Crippen molar-refractivity contribution in [2.24, 2.45) is 5.84 Å². The van der Waals surface area contributed by atoms with E-state index in [2.05, 4.69) is 25.4 Å². The van der Waals surface area contributed by atoms with Crippen LogP contribution in [0.2, 0.25) is 0 Å². The van der Waals surface area contributed by atoms with Gasteiger partial charge in [-0.1, -0.05) is 0 Å². The number of imidazole rings is 1. The second-order valence-corrected chi connectivity index (χ2v) is 3.16. The van der Waals surface area contributed by atoms with Crippen LogP contribution in [0.1, 0.15) is 12.7 Å². The fourth-order valence-corrected chi connectivity index (χ4v) is 1.30. The number of ether oxygens (including phenoxy) is 1. The monoisotopic (exact) mass is 235 g/mol. The quantitative estimate of drug-likeness (QED) is 0.570. The highest BCUT2D eigenvalue weighted by Crippen LogP contribution is 2.11. The molecule has 8 nitrogen and oxygen atoms in total. The molecular weight excluding hydrogens is 222 g/mol. The summed E-state index contributed by atoms with van der Waals surface area (Å²) >= 11 is 0. The Labute approximate surface area is 97.9 Å². The van der Waals surface area contributed by atoms with Gasteiger partial charge in [0.1, 0.15) is 5.82 Å². The van der Waals surface area contributed by atoms with Crippen LogP contribution in [0, 0.1) is 6.92 Å². The first-order chi connectivity index (χ1) is 8.24. The van der Waals surface area contributed by atoms with Crippen molar-refractivity contribution in [1.82, 2.24) is 24.5 Å². The van der Waals surface area contributed by atoms with Gasteiger partial charge in [-0.2, -0.15) is 15.0 Å². The normalized spacial score (nSPS) is 10.3. The Balaban J connectivity index is 2.46. The van der Waals surface area contributed by atoms with E-state index in [9.17, 15) is 0 Å². The lowest BCUT2D eigenvalue weighted by Crippen LogP contribution is -2.15. The zero-order valence-corrected chi connectivity index (χ0v) is 9.58. The Morgan fingerprint density at radius 1 is 1.41 bits per heavy atom. The maximum Gasteiger partial charge on any atom is 0.323 e. The van der Waals surface area contributed by atoms with Gasteiger partial charge >= 0.3 is 6.01 Å². The highest BCUT2D eigenvalue weighted by Gasteiger charge is 2.09. The number of hydrogen-bond donors (Lipinski definition) is 2. The van der Waals surface area contributed by atoms with E-state index in [4.69, 9.17) is 10.6 Å². The van der Waals surface area contributed by atoms with E-state index in [1.807, 2.05) is 13.8 Å². The molecule has 2 heterocycles. The van der Waals surface area contributed by atoms with Gasteiger partial charge in [0.25, 0.3) is 0 Å².